The lowest BCUT2D eigenvalue weighted by Gasteiger charge is -2.01. The molecule has 80 valence electrons. The maximum atomic E-state index is 5.62. The van der Waals surface area contributed by atoms with Gasteiger partial charge in [0.05, 0.1) is 6.61 Å². The van der Waals surface area contributed by atoms with Crippen molar-refractivity contribution in [3.8, 4) is 0 Å². The molecule has 0 aliphatic carbocycles. The molecular formula is C9H17N3OS. The topological polar surface area (TPSA) is 61.0 Å². The van der Waals surface area contributed by atoms with Crippen molar-refractivity contribution < 1.29 is 4.74 Å². The Morgan fingerprint density at radius 3 is 2.86 bits per heavy atom. The molecule has 0 unspecified atom stereocenters. The van der Waals surface area contributed by atoms with Crippen LogP contribution in [0.25, 0.3) is 0 Å². The van der Waals surface area contributed by atoms with E-state index in [1.807, 2.05) is 0 Å². The molecule has 0 aliphatic heterocycles. The summed E-state index contributed by atoms with van der Waals surface area (Å²) in [6.45, 7) is 3.48. The van der Waals surface area contributed by atoms with Crippen molar-refractivity contribution in [1.82, 2.24) is 9.59 Å². The lowest BCUT2D eigenvalue weighted by Crippen LogP contribution is -1.98. The number of nitrogen functional groups attached to an aromatic ring is 1. The van der Waals surface area contributed by atoms with Crippen LogP contribution in [0.4, 0.5) is 5.00 Å². The molecule has 0 amide bonds. The molecule has 0 radical (unpaired) electrons. The third kappa shape index (κ3) is 4.02. The number of unbranched alkanes of at least 4 members (excludes halogenated alkanes) is 3. The van der Waals surface area contributed by atoms with Crippen LogP contribution in [-0.2, 0) is 11.3 Å². The van der Waals surface area contributed by atoms with Gasteiger partial charge < -0.3 is 10.5 Å². The number of ether oxygens (including phenoxy) is 1. The summed E-state index contributed by atoms with van der Waals surface area (Å²) < 4.78 is 9.17. The van der Waals surface area contributed by atoms with E-state index in [0.29, 0.717) is 11.6 Å². The number of nitrogens with two attached hydrogens (primary N) is 1. The average Bonchev–Trinajstić information content (AvgIpc) is 2.58. The van der Waals surface area contributed by atoms with Crippen LogP contribution in [-0.4, -0.2) is 16.2 Å². The molecule has 1 rings (SSSR count). The van der Waals surface area contributed by atoms with Crippen LogP contribution in [0.2, 0.25) is 0 Å². The molecule has 0 atom stereocenters. The van der Waals surface area contributed by atoms with Gasteiger partial charge in [0.15, 0.2) is 0 Å². The van der Waals surface area contributed by atoms with Crippen LogP contribution in [0.5, 0.6) is 0 Å². The number of anilines is 1. The summed E-state index contributed by atoms with van der Waals surface area (Å²) in [7, 11) is 0. The second kappa shape index (κ2) is 6.73. The predicted octanol–water partition coefficient (Wildman–Crippen LogP) is 2.22. The van der Waals surface area contributed by atoms with Gasteiger partial charge in [-0.05, 0) is 6.42 Å². The van der Waals surface area contributed by atoms with Crippen molar-refractivity contribution in [1.29, 1.82) is 0 Å². The maximum absolute atomic E-state index is 5.62. The molecule has 1 aromatic rings. The molecular weight excluding hydrogens is 198 g/mol. The van der Waals surface area contributed by atoms with Gasteiger partial charge in [0.25, 0.3) is 0 Å². The number of hydrogen-bond donors (Lipinski definition) is 1. The number of hydrogen-bond acceptors (Lipinski definition) is 5. The Balaban J connectivity index is 2.02. The lowest BCUT2D eigenvalue weighted by molar-refractivity contribution is 0.114. The monoisotopic (exact) mass is 215 g/mol. The SMILES string of the molecule is CCCCCCOCc1nnsc1N. The van der Waals surface area contributed by atoms with Crippen LogP contribution in [0.1, 0.15) is 38.3 Å². The fourth-order valence-electron chi connectivity index (χ4n) is 1.12. The van der Waals surface area contributed by atoms with E-state index in [1.165, 1.54) is 30.8 Å². The Labute approximate surface area is 88.6 Å². The van der Waals surface area contributed by atoms with Crippen molar-refractivity contribution in [3.05, 3.63) is 5.69 Å². The van der Waals surface area contributed by atoms with Crippen molar-refractivity contribution >= 4 is 16.5 Å². The predicted molar refractivity (Wildman–Crippen MR) is 58.1 cm³/mol. The van der Waals surface area contributed by atoms with Crippen LogP contribution >= 0.6 is 11.5 Å². The van der Waals surface area contributed by atoms with Crippen LogP contribution in [0, 0.1) is 0 Å². The normalized spacial score (nSPS) is 10.6. The molecule has 4 nitrogen and oxygen atoms in total. The highest BCUT2D eigenvalue weighted by molar-refractivity contribution is 7.09. The van der Waals surface area contributed by atoms with Crippen molar-refractivity contribution in [2.24, 2.45) is 0 Å². The number of aromatic nitrogens is 2. The molecule has 0 fully saturated rings. The van der Waals surface area contributed by atoms with Gasteiger partial charge in [-0.25, -0.2) is 0 Å². The molecule has 14 heavy (non-hydrogen) atoms. The summed E-state index contributed by atoms with van der Waals surface area (Å²) in [6.07, 6.45) is 4.89. The van der Waals surface area contributed by atoms with E-state index in [2.05, 4.69) is 16.5 Å². The van der Waals surface area contributed by atoms with Gasteiger partial charge >= 0.3 is 0 Å². The zero-order valence-corrected chi connectivity index (χ0v) is 9.35. The summed E-state index contributed by atoms with van der Waals surface area (Å²) in [6, 6.07) is 0. The maximum Gasteiger partial charge on any atom is 0.133 e. The molecule has 1 heterocycles. The summed E-state index contributed by atoms with van der Waals surface area (Å²) >= 11 is 1.21. The van der Waals surface area contributed by atoms with Gasteiger partial charge in [0.2, 0.25) is 0 Å². The Kier molecular flexibility index (Phi) is 5.47. The Hall–Kier alpha value is -0.680. The minimum atomic E-state index is 0.495. The molecule has 0 aliphatic rings. The highest BCUT2D eigenvalue weighted by atomic mass is 32.1. The highest BCUT2D eigenvalue weighted by Gasteiger charge is 2.02. The van der Waals surface area contributed by atoms with E-state index in [-0.39, 0.29) is 0 Å². The minimum absolute atomic E-state index is 0.495. The average molecular weight is 215 g/mol. The highest BCUT2D eigenvalue weighted by Crippen LogP contribution is 2.13. The summed E-state index contributed by atoms with van der Waals surface area (Å²) in [5.41, 5.74) is 6.39. The first-order valence-electron chi connectivity index (χ1n) is 4.99. The molecule has 0 saturated heterocycles. The quantitative estimate of drug-likeness (QED) is 0.708. The van der Waals surface area contributed by atoms with E-state index in [9.17, 15) is 0 Å². The summed E-state index contributed by atoms with van der Waals surface area (Å²) in [5.74, 6) is 0. The van der Waals surface area contributed by atoms with Gasteiger partial charge in [-0.1, -0.05) is 30.7 Å². The fraction of sp³-hybridized carbons (Fsp3) is 0.778. The Morgan fingerprint density at radius 1 is 1.36 bits per heavy atom. The second-order valence-corrected chi connectivity index (χ2v) is 3.98. The fourth-order valence-corrected chi connectivity index (χ4v) is 1.55. The smallest absolute Gasteiger partial charge is 0.133 e. The zero-order chi connectivity index (χ0) is 10.2. The standard InChI is InChI=1S/C9H17N3OS/c1-2-3-4-5-6-13-7-8-9(10)14-12-11-8/h2-7,10H2,1H3. The summed E-state index contributed by atoms with van der Waals surface area (Å²) in [4.78, 5) is 0. The first-order valence-corrected chi connectivity index (χ1v) is 5.76. The largest absolute Gasteiger partial charge is 0.388 e. The van der Waals surface area contributed by atoms with E-state index < -0.39 is 0 Å². The second-order valence-electron chi connectivity index (χ2n) is 3.20. The zero-order valence-electron chi connectivity index (χ0n) is 8.53. The minimum Gasteiger partial charge on any atom is -0.388 e. The van der Waals surface area contributed by atoms with Crippen LogP contribution < -0.4 is 5.73 Å². The van der Waals surface area contributed by atoms with Crippen LogP contribution in [0.3, 0.4) is 0 Å². The first-order chi connectivity index (χ1) is 6.84. The Bertz CT molecular complexity index is 252. The number of nitrogens with zero attached hydrogens (tertiary/aromatic N) is 2. The number of rotatable bonds is 7. The third-order valence-corrected chi connectivity index (χ3v) is 2.56. The molecule has 1 aromatic heterocycles. The molecule has 0 saturated carbocycles. The Morgan fingerprint density at radius 2 is 2.21 bits per heavy atom. The lowest BCUT2D eigenvalue weighted by atomic mass is 10.2. The molecule has 0 aromatic carbocycles. The third-order valence-electron chi connectivity index (χ3n) is 1.97. The van der Waals surface area contributed by atoms with Gasteiger partial charge in [-0.2, -0.15) is 0 Å². The molecule has 0 bridgehead atoms. The van der Waals surface area contributed by atoms with Crippen molar-refractivity contribution in [2.75, 3.05) is 12.3 Å². The van der Waals surface area contributed by atoms with E-state index in [0.717, 1.165) is 18.7 Å². The van der Waals surface area contributed by atoms with Gasteiger partial charge in [0, 0.05) is 18.1 Å². The van der Waals surface area contributed by atoms with Crippen molar-refractivity contribution in [3.63, 3.8) is 0 Å². The van der Waals surface area contributed by atoms with Gasteiger partial charge in [-0.15, -0.1) is 5.10 Å². The van der Waals surface area contributed by atoms with E-state index >= 15 is 0 Å². The van der Waals surface area contributed by atoms with Gasteiger partial charge in [-0.3, -0.25) is 0 Å². The van der Waals surface area contributed by atoms with E-state index in [4.69, 9.17) is 10.5 Å². The van der Waals surface area contributed by atoms with Gasteiger partial charge in [0.1, 0.15) is 10.7 Å². The molecule has 2 N–H and O–H groups in total. The molecule has 5 heteroatoms. The molecule has 0 spiro atoms. The van der Waals surface area contributed by atoms with Crippen LogP contribution in [0.15, 0.2) is 0 Å². The van der Waals surface area contributed by atoms with E-state index in [1.54, 1.807) is 0 Å². The summed E-state index contributed by atoms with van der Waals surface area (Å²) in [5, 5.41) is 4.53. The van der Waals surface area contributed by atoms with Crippen molar-refractivity contribution in [2.45, 2.75) is 39.2 Å². The first kappa shape index (κ1) is 11.4.